The van der Waals surface area contributed by atoms with Gasteiger partial charge in [0.15, 0.2) is 5.82 Å². The van der Waals surface area contributed by atoms with E-state index in [1.54, 1.807) is 16.9 Å². The fourth-order valence-electron chi connectivity index (χ4n) is 1.34. The molecule has 0 N–H and O–H groups in total. The van der Waals surface area contributed by atoms with Gasteiger partial charge in [0.1, 0.15) is 6.07 Å². The zero-order valence-electron chi connectivity index (χ0n) is 8.60. The number of nitrogens with zero attached hydrogens (tertiary/aromatic N) is 4. The van der Waals surface area contributed by atoms with Crippen LogP contribution in [0.2, 0.25) is 0 Å². The molecule has 0 unspecified atom stereocenters. The van der Waals surface area contributed by atoms with Gasteiger partial charge in [-0.25, -0.2) is 9.67 Å². The summed E-state index contributed by atoms with van der Waals surface area (Å²) >= 11 is 0. The van der Waals surface area contributed by atoms with E-state index in [4.69, 9.17) is 5.26 Å². The molecule has 2 aromatic rings. The minimum absolute atomic E-state index is 0.531. The van der Waals surface area contributed by atoms with Crippen LogP contribution in [0.3, 0.4) is 0 Å². The first-order chi connectivity index (χ1) is 7.20. The van der Waals surface area contributed by atoms with Crippen molar-refractivity contribution in [1.29, 1.82) is 5.26 Å². The van der Waals surface area contributed by atoms with E-state index < -0.39 is 0 Å². The molecule has 0 aliphatic heterocycles. The maximum Gasteiger partial charge on any atom is 0.171 e. The molecule has 0 aromatic carbocycles. The highest BCUT2D eigenvalue weighted by Crippen LogP contribution is 2.11. The van der Waals surface area contributed by atoms with Crippen molar-refractivity contribution in [3.63, 3.8) is 0 Å². The van der Waals surface area contributed by atoms with E-state index in [1.165, 1.54) is 0 Å². The van der Waals surface area contributed by atoms with Crippen LogP contribution in [-0.2, 0) is 0 Å². The fraction of sp³-hybridized carbons (Fsp3) is 0.182. The molecule has 0 radical (unpaired) electrons. The molecule has 0 atom stereocenters. The Morgan fingerprint density at radius 1 is 1.20 bits per heavy atom. The zero-order valence-corrected chi connectivity index (χ0v) is 8.60. The third kappa shape index (κ3) is 1.72. The molecular weight excluding hydrogens is 188 g/mol. The van der Waals surface area contributed by atoms with Crippen LogP contribution in [0, 0.1) is 25.2 Å². The number of pyridine rings is 1. The van der Waals surface area contributed by atoms with Crippen LogP contribution < -0.4 is 0 Å². The second kappa shape index (κ2) is 3.54. The number of aromatic nitrogens is 3. The van der Waals surface area contributed by atoms with Gasteiger partial charge in [-0.05, 0) is 32.0 Å². The molecule has 0 fully saturated rings. The van der Waals surface area contributed by atoms with Crippen molar-refractivity contribution in [2.24, 2.45) is 0 Å². The van der Waals surface area contributed by atoms with Gasteiger partial charge in [-0.15, -0.1) is 0 Å². The normalized spacial score (nSPS) is 9.93. The van der Waals surface area contributed by atoms with Gasteiger partial charge in [0, 0.05) is 11.9 Å². The first-order valence-corrected chi connectivity index (χ1v) is 4.61. The summed E-state index contributed by atoms with van der Waals surface area (Å²) in [5.74, 6) is 0.589. The molecule has 0 saturated carbocycles. The van der Waals surface area contributed by atoms with Gasteiger partial charge in [0.2, 0.25) is 0 Å². The Labute approximate surface area is 87.8 Å². The van der Waals surface area contributed by atoms with E-state index in [0.717, 1.165) is 11.4 Å². The second-order valence-corrected chi connectivity index (χ2v) is 3.34. The average molecular weight is 198 g/mol. The van der Waals surface area contributed by atoms with Crippen molar-refractivity contribution in [3.05, 3.63) is 41.3 Å². The van der Waals surface area contributed by atoms with E-state index in [2.05, 4.69) is 16.2 Å². The first kappa shape index (κ1) is 9.41. The van der Waals surface area contributed by atoms with Crippen molar-refractivity contribution in [2.45, 2.75) is 13.8 Å². The molecule has 4 nitrogen and oxygen atoms in total. The highest BCUT2D eigenvalue weighted by molar-refractivity contribution is 5.43. The van der Waals surface area contributed by atoms with Gasteiger partial charge in [-0.3, -0.25) is 0 Å². The van der Waals surface area contributed by atoms with Crippen molar-refractivity contribution >= 4 is 0 Å². The SMILES string of the molecule is Cc1ccc(C#N)c(-n2ccc(C)n2)n1. The molecule has 74 valence electrons. The predicted octanol–water partition coefficient (Wildman–Crippen LogP) is 1.76. The highest BCUT2D eigenvalue weighted by Gasteiger charge is 2.06. The van der Waals surface area contributed by atoms with Crippen LogP contribution in [0.15, 0.2) is 24.4 Å². The number of aryl methyl sites for hydroxylation is 2. The summed E-state index contributed by atoms with van der Waals surface area (Å²) in [4.78, 5) is 4.31. The summed E-state index contributed by atoms with van der Waals surface area (Å²) < 4.78 is 1.63. The van der Waals surface area contributed by atoms with E-state index in [9.17, 15) is 0 Å². The summed E-state index contributed by atoms with van der Waals surface area (Å²) in [5, 5.41) is 13.2. The summed E-state index contributed by atoms with van der Waals surface area (Å²) in [6.07, 6.45) is 1.80. The van der Waals surface area contributed by atoms with Crippen LogP contribution in [0.4, 0.5) is 0 Å². The predicted molar refractivity (Wildman–Crippen MR) is 55.5 cm³/mol. The molecule has 0 bridgehead atoms. The van der Waals surface area contributed by atoms with Crippen molar-refractivity contribution in [1.82, 2.24) is 14.8 Å². The van der Waals surface area contributed by atoms with Crippen LogP contribution in [-0.4, -0.2) is 14.8 Å². The second-order valence-electron chi connectivity index (χ2n) is 3.34. The Kier molecular flexibility index (Phi) is 2.22. The zero-order chi connectivity index (χ0) is 10.8. The third-order valence-corrected chi connectivity index (χ3v) is 2.07. The third-order valence-electron chi connectivity index (χ3n) is 2.07. The maximum atomic E-state index is 8.95. The molecule has 2 aromatic heterocycles. The molecular formula is C11H10N4. The lowest BCUT2D eigenvalue weighted by molar-refractivity contribution is 0.823. The van der Waals surface area contributed by atoms with Gasteiger partial charge in [-0.1, -0.05) is 0 Å². The topological polar surface area (TPSA) is 54.5 Å². The van der Waals surface area contributed by atoms with E-state index in [-0.39, 0.29) is 0 Å². The van der Waals surface area contributed by atoms with Crippen molar-refractivity contribution < 1.29 is 0 Å². The van der Waals surface area contributed by atoms with Crippen LogP contribution >= 0.6 is 0 Å². The lowest BCUT2D eigenvalue weighted by atomic mass is 10.2. The molecule has 0 saturated heterocycles. The highest BCUT2D eigenvalue weighted by atomic mass is 15.3. The molecule has 2 heterocycles. The van der Waals surface area contributed by atoms with Crippen LogP contribution in [0.5, 0.6) is 0 Å². The van der Waals surface area contributed by atoms with E-state index in [0.29, 0.717) is 11.4 Å². The number of rotatable bonds is 1. The maximum absolute atomic E-state index is 8.95. The first-order valence-electron chi connectivity index (χ1n) is 4.61. The molecule has 2 rings (SSSR count). The van der Waals surface area contributed by atoms with E-state index >= 15 is 0 Å². The van der Waals surface area contributed by atoms with Crippen LogP contribution in [0.25, 0.3) is 5.82 Å². The summed E-state index contributed by atoms with van der Waals surface area (Å²) in [5.41, 5.74) is 2.31. The average Bonchev–Trinajstić information content (AvgIpc) is 2.65. The summed E-state index contributed by atoms with van der Waals surface area (Å²) in [7, 11) is 0. The number of nitriles is 1. The largest absolute Gasteiger partial charge is 0.233 e. The molecule has 0 spiro atoms. The van der Waals surface area contributed by atoms with Crippen molar-refractivity contribution in [3.8, 4) is 11.9 Å². The smallest absolute Gasteiger partial charge is 0.171 e. The molecule has 0 aliphatic rings. The van der Waals surface area contributed by atoms with Gasteiger partial charge >= 0.3 is 0 Å². The lowest BCUT2D eigenvalue weighted by Crippen LogP contribution is -2.02. The standard InChI is InChI=1S/C11H10N4/c1-8-3-4-10(7-12)11(13-8)15-6-5-9(2)14-15/h3-6H,1-2H3. The summed E-state index contributed by atoms with van der Waals surface area (Å²) in [6.45, 7) is 3.79. The Morgan fingerprint density at radius 2 is 2.00 bits per heavy atom. The van der Waals surface area contributed by atoms with Gasteiger partial charge in [0.05, 0.1) is 11.3 Å². The van der Waals surface area contributed by atoms with E-state index in [1.807, 2.05) is 26.0 Å². The Hall–Kier alpha value is -2.15. The Balaban J connectivity index is 2.61. The minimum Gasteiger partial charge on any atom is -0.233 e. The number of hydrogen-bond donors (Lipinski definition) is 0. The monoisotopic (exact) mass is 198 g/mol. The van der Waals surface area contributed by atoms with Crippen LogP contribution in [0.1, 0.15) is 17.0 Å². The fourth-order valence-corrected chi connectivity index (χ4v) is 1.34. The van der Waals surface area contributed by atoms with Gasteiger partial charge in [0.25, 0.3) is 0 Å². The number of hydrogen-bond acceptors (Lipinski definition) is 3. The van der Waals surface area contributed by atoms with Gasteiger partial charge < -0.3 is 0 Å². The molecule has 0 amide bonds. The Bertz CT molecular complexity index is 534. The minimum atomic E-state index is 0.531. The molecule has 15 heavy (non-hydrogen) atoms. The Morgan fingerprint density at radius 3 is 2.60 bits per heavy atom. The van der Waals surface area contributed by atoms with Gasteiger partial charge in [-0.2, -0.15) is 10.4 Å². The quantitative estimate of drug-likeness (QED) is 0.701. The molecule has 0 aliphatic carbocycles. The lowest BCUT2D eigenvalue weighted by Gasteiger charge is -2.03. The summed E-state index contributed by atoms with van der Waals surface area (Å²) in [6, 6.07) is 7.56. The molecule has 4 heteroatoms. The van der Waals surface area contributed by atoms with Crippen molar-refractivity contribution in [2.75, 3.05) is 0 Å².